The number of nitrogens with one attached hydrogen (secondary N) is 1. The molecule has 0 aliphatic heterocycles. The van der Waals surface area contributed by atoms with Crippen molar-refractivity contribution in [3.8, 4) is 6.01 Å². The molecule has 0 saturated carbocycles. The first kappa shape index (κ1) is 12.0. The Bertz CT molecular complexity index is 572. The second-order valence-electron chi connectivity index (χ2n) is 3.60. The van der Waals surface area contributed by atoms with E-state index < -0.39 is 0 Å². The van der Waals surface area contributed by atoms with Gasteiger partial charge in [-0.15, -0.1) is 0 Å². The molecule has 0 atom stereocenters. The van der Waals surface area contributed by atoms with E-state index in [0.29, 0.717) is 5.82 Å². The smallest absolute Gasteiger partial charge is 0.316 e. The number of nitrogens with zero attached hydrogens (tertiary/aromatic N) is 3. The van der Waals surface area contributed by atoms with Gasteiger partial charge in [0.1, 0.15) is 11.5 Å². The molecule has 18 heavy (non-hydrogen) atoms. The lowest BCUT2D eigenvalue weighted by molar-refractivity contribution is 0.102. The Labute approximate surface area is 104 Å². The van der Waals surface area contributed by atoms with E-state index in [4.69, 9.17) is 4.74 Å². The predicted octanol–water partition coefficient (Wildman–Crippen LogP) is 1.44. The number of ether oxygens (including phenoxy) is 1. The van der Waals surface area contributed by atoms with Crippen LogP contribution in [-0.4, -0.2) is 28.0 Å². The molecule has 0 aliphatic carbocycles. The largest absolute Gasteiger partial charge is 0.467 e. The minimum Gasteiger partial charge on any atom is -0.467 e. The van der Waals surface area contributed by atoms with Crippen LogP contribution in [0, 0.1) is 6.92 Å². The molecule has 92 valence electrons. The number of hydrogen-bond donors (Lipinski definition) is 1. The lowest BCUT2D eigenvalue weighted by Crippen LogP contribution is -2.15. The predicted molar refractivity (Wildman–Crippen MR) is 65.5 cm³/mol. The molecule has 1 amide bonds. The van der Waals surface area contributed by atoms with Gasteiger partial charge >= 0.3 is 6.01 Å². The molecule has 0 spiro atoms. The Kier molecular flexibility index (Phi) is 3.47. The van der Waals surface area contributed by atoms with Crippen molar-refractivity contribution in [1.82, 2.24) is 15.0 Å². The van der Waals surface area contributed by atoms with Crippen LogP contribution in [0.1, 0.15) is 16.1 Å². The Morgan fingerprint density at radius 1 is 1.28 bits per heavy atom. The van der Waals surface area contributed by atoms with E-state index in [0.717, 1.165) is 5.56 Å². The fourth-order valence-electron chi connectivity index (χ4n) is 1.35. The third-order valence-electron chi connectivity index (χ3n) is 2.21. The van der Waals surface area contributed by atoms with Crippen LogP contribution in [0.3, 0.4) is 0 Å². The lowest BCUT2D eigenvalue weighted by atomic mass is 10.3. The van der Waals surface area contributed by atoms with Gasteiger partial charge in [0.2, 0.25) is 0 Å². The maximum absolute atomic E-state index is 11.9. The van der Waals surface area contributed by atoms with Crippen molar-refractivity contribution in [2.24, 2.45) is 0 Å². The van der Waals surface area contributed by atoms with E-state index in [1.165, 1.54) is 19.4 Å². The zero-order valence-electron chi connectivity index (χ0n) is 10.0. The number of rotatable bonds is 3. The van der Waals surface area contributed by atoms with E-state index in [1.807, 2.05) is 13.0 Å². The second-order valence-corrected chi connectivity index (χ2v) is 3.60. The number of amides is 1. The number of hydrogen-bond acceptors (Lipinski definition) is 5. The topological polar surface area (TPSA) is 77.0 Å². The minimum atomic E-state index is -0.353. The van der Waals surface area contributed by atoms with Crippen LogP contribution >= 0.6 is 0 Å². The number of pyridine rings is 1. The summed E-state index contributed by atoms with van der Waals surface area (Å²) >= 11 is 0. The van der Waals surface area contributed by atoms with E-state index in [9.17, 15) is 4.79 Å². The summed E-state index contributed by atoms with van der Waals surface area (Å²) in [6.07, 6.45) is 3.09. The average molecular weight is 244 g/mol. The Morgan fingerprint density at radius 3 is 2.78 bits per heavy atom. The third-order valence-corrected chi connectivity index (χ3v) is 2.21. The van der Waals surface area contributed by atoms with Crippen molar-refractivity contribution < 1.29 is 9.53 Å². The van der Waals surface area contributed by atoms with Gasteiger partial charge in [0.15, 0.2) is 0 Å². The highest BCUT2D eigenvalue weighted by Crippen LogP contribution is 2.08. The highest BCUT2D eigenvalue weighted by atomic mass is 16.5. The van der Waals surface area contributed by atoms with E-state index in [-0.39, 0.29) is 17.6 Å². The fraction of sp³-hybridized carbons (Fsp3) is 0.167. The molecule has 0 fully saturated rings. The van der Waals surface area contributed by atoms with Crippen LogP contribution in [0.2, 0.25) is 0 Å². The number of carbonyl (C=O) groups excluding carboxylic acids is 1. The van der Waals surface area contributed by atoms with Gasteiger partial charge < -0.3 is 10.1 Å². The number of anilines is 1. The van der Waals surface area contributed by atoms with Crippen molar-refractivity contribution in [3.63, 3.8) is 0 Å². The molecule has 2 aromatic heterocycles. The van der Waals surface area contributed by atoms with Crippen molar-refractivity contribution >= 4 is 11.7 Å². The van der Waals surface area contributed by atoms with Crippen LogP contribution in [0.4, 0.5) is 5.82 Å². The van der Waals surface area contributed by atoms with Crippen LogP contribution in [-0.2, 0) is 0 Å². The molecule has 0 radical (unpaired) electrons. The van der Waals surface area contributed by atoms with Gasteiger partial charge in [-0.1, -0.05) is 0 Å². The molecule has 2 aromatic rings. The summed E-state index contributed by atoms with van der Waals surface area (Å²) < 4.78 is 4.86. The SMILES string of the molecule is COc1nccc(C(=O)Nc2cc(C)ccn2)n1. The number of carbonyl (C=O) groups is 1. The molecule has 6 nitrogen and oxygen atoms in total. The van der Waals surface area contributed by atoms with Gasteiger partial charge in [0, 0.05) is 12.4 Å². The monoisotopic (exact) mass is 244 g/mol. The maximum atomic E-state index is 11.9. The van der Waals surface area contributed by atoms with Crippen molar-refractivity contribution in [2.75, 3.05) is 12.4 Å². The summed E-state index contributed by atoms with van der Waals surface area (Å²) in [5.41, 5.74) is 1.24. The quantitative estimate of drug-likeness (QED) is 0.884. The molecule has 0 saturated heterocycles. The summed E-state index contributed by atoms with van der Waals surface area (Å²) in [6, 6.07) is 5.28. The Hall–Kier alpha value is -2.50. The van der Waals surface area contributed by atoms with Gasteiger partial charge in [-0.05, 0) is 30.7 Å². The zero-order valence-corrected chi connectivity index (χ0v) is 10.0. The Balaban J connectivity index is 2.16. The van der Waals surface area contributed by atoms with Crippen molar-refractivity contribution in [3.05, 3.63) is 41.9 Å². The van der Waals surface area contributed by atoms with Crippen molar-refractivity contribution in [1.29, 1.82) is 0 Å². The molecule has 6 heteroatoms. The second kappa shape index (κ2) is 5.22. The van der Waals surface area contributed by atoms with Crippen LogP contribution in [0.15, 0.2) is 30.6 Å². The van der Waals surface area contributed by atoms with Gasteiger partial charge in [-0.3, -0.25) is 4.79 Å². The molecular weight excluding hydrogens is 232 g/mol. The van der Waals surface area contributed by atoms with Crippen molar-refractivity contribution in [2.45, 2.75) is 6.92 Å². The van der Waals surface area contributed by atoms with E-state index in [2.05, 4.69) is 20.3 Å². The summed E-state index contributed by atoms with van der Waals surface area (Å²) in [6.45, 7) is 1.92. The van der Waals surface area contributed by atoms with Crippen LogP contribution in [0.25, 0.3) is 0 Å². The van der Waals surface area contributed by atoms with Gasteiger partial charge in [-0.25, -0.2) is 9.97 Å². The van der Waals surface area contributed by atoms with Gasteiger partial charge in [0.05, 0.1) is 7.11 Å². The molecule has 0 aromatic carbocycles. The fourth-order valence-corrected chi connectivity index (χ4v) is 1.35. The first-order valence-electron chi connectivity index (χ1n) is 5.30. The average Bonchev–Trinajstić information content (AvgIpc) is 2.39. The van der Waals surface area contributed by atoms with E-state index in [1.54, 1.807) is 12.3 Å². The highest BCUT2D eigenvalue weighted by molar-refractivity contribution is 6.02. The van der Waals surface area contributed by atoms with Crippen LogP contribution < -0.4 is 10.1 Å². The molecule has 0 unspecified atom stereocenters. The normalized spacial score (nSPS) is 9.89. The van der Waals surface area contributed by atoms with E-state index >= 15 is 0 Å². The van der Waals surface area contributed by atoms with Crippen LogP contribution in [0.5, 0.6) is 6.01 Å². The summed E-state index contributed by atoms with van der Waals surface area (Å²) in [5, 5.41) is 2.65. The number of methoxy groups -OCH3 is 1. The minimum absolute atomic E-state index is 0.153. The van der Waals surface area contributed by atoms with Gasteiger partial charge in [-0.2, -0.15) is 4.98 Å². The summed E-state index contributed by atoms with van der Waals surface area (Å²) in [5.74, 6) is 0.131. The maximum Gasteiger partial charge on any atom is 0.316 e. The molecule has 1 N–H and O–H groups in total. The third kappa shape index (κ3) is 2.79. The first-order valence-corrected chi connectivity index (χ1v) is 5.30. The van der Waals surface area contributed by atoms with Gasteiger partial charge in [0.25, 0.3) is 5.91 Å². The Morgan fingerprint density at radius 2 is 2.06 bits per heavy atom. The summed E-state index contributed by atoms with van der Waals surface area (Å²) in [7, 11) is 1.44. The standard InChI is InChI=1S/C12H12N4O2/c1-8-3-5-13-10(7-8)16-11(17)9-4-6-14-12(15-9)18-2/h3-7H,1-2H3,(H,13,16,17). The number of aryl methyl sites for hydroxylation is 1. The lowest BCUT2D eigenvalue weighted by Gasteiger charge is -2.05. The summed E-state index contributed by atoms with van der Waals surface area (Å²) in [4.78, 5) is 23.7. The molecule has 2 rings (SSSR count). The zero-order chi connectivity index (χ0) is 13.0. The number of aromatic nitrogens is 3. The molecular formula is C12H12N4O2. The highest BCUT2D eigenvalue weighted by Gasteiger charge is 2.09. The molecule has 2 heterocycles. The first-order chi connectivity index (χ1) is 8.69. The molecule has 0 aliphatic rings. The molecule has 0 bridgehead atoms.